The average Bonchev–Trinajstić information content (AvgIpc) is 2.48. The van der Waals surface area contributed by atoms with Crippen LogP contribution in [0.25, 0.3) is 6.08 Å². The van der Waals surface area contributed by atoms with Gasteiger partial charge < -0.3 is 5.32 Å². The molecular formula is C12H14FNO2S. The monoisotopic (exact) mass is 255 g/mol. The third-order valence-corrected chi connectivity index (χ3v) is 4.53. The molecule has 0 fully saturated rings. The van der Waals surface area contributed by atoms with Crippen LogP contribution in [0.15, 0.2) is 28.0 Å². The summed E-state index contributed by atoms with van der Waals surface area (Å²) in [6, 6.07) is 4.47. The average molecular weight is 255 g/mol. The standard InChI is InChI=1S/C12H14FNO2S/c1-8(2)14-7-10-6-9-4-3-5-11(13)12(9)17(10,15)16/h3-6,8,14H,7H2,1-2H3. The minimum Gasteiger partial charge on any atom is -0.310 e. The summed E-state index contributed by atoms with van der Waals surface area (Å²) in [6.45, 7) is 4.08. The van der Waals surface area contributed by atoms with E-state index in [4.69, 9.17) is 0 Å². The summed E-state index contributed by atoms with van der Waals surface area (Å²) in [7, 11) is -3.65. The van der Waals surface area contributed by atoms with Crippen LogP contribution in [0.5, 0.6) is 0 Å². The molecule has 0 atom stereocenters. The van der Waals surface area contributed by atoms with Gasteiger partial charge in [0.25, 0.3) is 0 Å². The Kier molecular flexibility index (Phi) is 3.05. The summed E-state index contributed by atoms with van der Waals surface area (Å²) in [6.07, 6.45) is 1.53. The quantitative estimate of drug-likeness (QED) is 0.898. The zero-order valence-corrected chi connectivity index (χ0v) is 10.5. The van der Waals surface area contributed by atoms with E-state index in [1.165, 1.54) is 18.2 Å². The van der Waals surface area contributed by atoms with E-state index >= 15 is 0 Å². The van der Waals surface area contributed by atoms with Gasteiger partial charge in [0.2, 0.25) is 9.84 Å². The second kappa shape index (κ2) is 4.23. The number of halogens is 1. The van der Waals surface area contributed by atoms with Crippen LogP contribution in [0, 0.1) is 5.82 Å². The van der Waals surface area contributed by atoms with E-state index in [0.717, 1.165) is 0 Å². The Morgan fingerprint density at radius 1 is 1.35 bits per heavy atom. The fraction of sp³-hybridized carbons (Fsp3) is 0.333. The molecule has 0 aromatic heterocycles. The van der Waals surface area contributed by atoms with E-state index in [2.05, 4.69) is 5.32 Å². The number of hydrogen-bond acceptors (Lipinski definition) is 3. The molecule has 0 bridgehead atoms. The molecule has 2 rings (SSSR count). The zero-order chi connectivity index (χ0) is 12.6. The lowest BCUT2D eigenvalue weighted by molar-refractivity contribution is 0.569. The van der Waals surface area contributed by atoms with Crippen molar-refractivity contribution in [2.24, 2.45) is 0 Å². The molecular weight excluding hydrogens is 241 g/mol. The van der Waals surface area contributed by atoms with Crippen LogP contribution < -0.4 is 5.32 Å². The third-order valence-electron chi connectivity index (χ3n) is 2.61. The molecule has 1 N–H and O–H groups in total. The van der Waals surface area contributed by atoms with Gasteiger partial charge in [-0.25, -0.2) is 12.8 Å². The van der Waals surface area contributed by atoms with Crippen molar-refractivity contribution in [3.8, 4) is 0 Å². The van der Waals surface area contributed by atoms with E-state index < -0.39 is 15.7 Å². The van der Waals surface area contributed by atoms with Crippen LogP contribution in [0.2, 0.25) is 0 Å². The number of hydrogen-bond donors (Lipinski definition) is 1. The Hall–Kier alpha value is -1.20. The Bertz CT molecular complexity index is 576. The molecule has 1 aromatic carbocycles. The van der Waals surface area contributed by atoms with Gasteiger partial charge in [0.05, 0.1) is 4.91 Å². The van der Waals surface area contributed by atoms with Gasteiger partial charge in [-0.05, 0) is 17.7 Å². The maximum atomic E-state index is 13.5. The lowest BCUT2D eigenvalue weighted by atomic mass is 10.2. The molecule has 0 aliphatic carbocycles. The Balaban J connectivity index is 2.40. The molecule has 1 aliphatic heterocycles. The molecule has 0 spiro atoms. The smallest absolute Gasteiger partial charge is 0.207 e. The van der Waals surface area contributed by atoms with Crippen LogP contribution in [-0.2, 0) is 9.84 Å². The van der Waals surface area contributed by atoms with Crippen molar-refractivity contribution in [1.29, 1.82) is 0 Å². The molecule has 3 nitrogen and oxygen atoms in total. The van der Waals surface area contributed by atoms with E-state index in [1.54, 1.807) is 6.07 Å². The van der Waals surface area contributed by atoms with Crippen molar-refractivity contribution in [2.75, 3.05) is 6.54 Å². The number of rotatable bonds is 3. The van der Waals surface area contributed by atoms with Crippen LogP contribution >= 0.6 is 0 Å². The van der Waals surface area contributed by atoms with Gasteiger partial charge in [-0.3, -0.25) is 0 Å². The molecule has 0 saturated carbocycles. The zero-order valence-electron chi connectivity index (χ0n) is 9.70. The van der Waals surface area contributed by atoms with Crippen molar-refractivity contribution >= 4 is 15.9 Å². The molecule has 17 heavy (non-hydrogen) atoms. The predicted molar refractivity (Wildman–Crippen MR) is 64.7 cm³/mol. The number of benzene rings is 1. The van der Waals surface area contributed by atoms with Gasteiger partial charge in [0, 0.05) is 12.6 Å². The molecule has 1 aromatic rings. The predicted octanol–water partition coefficient (Wildman–Crippen LogP) is 1.95. The van der Waals surface area contributed by atoms with E-state index in [-0.39, 0.29) is 22.4 Å². The SMILES string of the molecule is CC(C)NCC1=Cc2cccc(F)c2S1(=O)=O. The van der Waals surface area contributed by atoms with Crippen molar-refractivity contribution in [2.45, 2.75) is 24.8 Å². The van der Waals surface area contributed by atoms with Gasteiger partial charge >= 0.3 is 0 Å². The van der Waals surface area contributed by atoms with Crippen molar-refractivity contribution in [3.05, 3.63) is 34.5 Å². The summed E-state index contributed by atoms with van der Waals surface area (Å²) in [5.74, 6) is -0.682. The molecule has 0 radical (unpaired) electrons. The highest BCUT2D eigenvalue weighted by molar-refractivity contribution is 7.95. The fourth-order valence-electron chi connectivity index (χ4n) is 1.76. The molecule has 1 aliphatic rings. The molecule has 1 heterocycles. The fourth-order valence-corrected chi connectivity index (χ4v) is 3.34. The number of fused-ring (bicyclic) bond motifs is 1. The first-order valence-electron chi connectivity index (χ1n) is 5.40. The lowest BCUT2D eigenvalue weighted by Gasteiger charge is -2.08. The minimum absolute atomic E-state index is 0.180. The normalized spacial score (nSPS) is 17.1. The summed E-state index contributed by atoms with van der Waals surface area (Å²) in [5.41, 5.74) is 0.436. The summed E-state index contributed by atoms with van der Waals surface area (Å²) >= 11 is 0. The maximum absolute atomic E-state index is 13.5. The number of nitrogens with one attached hydrogen (secondary N) is 1. The Labute approximate surface area is 100 Å². The highest BCUT2D eigenvalue weighted by Gasteiger charge is 2.32. The second-order valence-corrected chi connectivity index (χ2v) is 6.25. The van der Waals surface area contributed by atoms with Gasteiger partial charge in [-0.2, -0.15) is 0 Å². The minimum atomic E-state index is -3.65. The van der Waals surface area contributed by atoms with Crippen LogP contribution in [0.4, 0.5) is 4.39 Å². The highest BCUT2D eigenvalue weighted by atomic mass is 32.2. The van der Waals surface area contributed by atoms with Gasteiger partial charge in [-0.15, -0.1) is 0 Å². The van der Waals surface area contributed by atoms with Crippen LogP contribution in [-0.4, -0.2) is 21.0 Å². The van der Waals surface area contributed by atoms with E-state index in [9.17, 15) is 12.8 Å². The first-order valence-corrected chi connectivity index (χ1v) is 6.89. The molecule has 0 unspecified atom stereocenters. The summed E-state index contributed by atoms with van der Waals surface area (Å²) in [4.78, 5) is 0.0341. The Morgan fingerprint density at radius 2 is 2.06 bits per heavy atom. The van der Waals surface area contributed by atoms with Crippen molar-refractivity contribution in [1.82, 2.24) is 5.32 Å². The Morgan fingerprint density at radius 3 is 2.65 bits per heavy atom. The largest absolute Gasteiger partial charge is 0.310 e. The van der Waals surface area contributed by atoms with Gasteiger partial charge in [-0.1, -0.05) is 26.0 Å². The van der Waals surface area contributed by atoms with Crippen LogP contribution in [0.3, 0.4) is 0 Å². The highest BCUT2D eigenvalue weighted by Crippen LogP contribution is 2.34. The lowest BCUT2D eigenvalue weighted by Crippen LogP contribution is -2.26. The van der Waals surface area contributed by atoms with Crippen molar-refractivity contribution in [3.63, 3.8) is 0 Å². The maximum Gasteiger partial charge on any atom is 0.207 e. The first-order chi connectivity index (χ1) is 7.93. The van der Waals surface area contributed by atoms with E-state index in [0.29, 0.717) is 5.56 Å². The molecule has 5 heteroatoms. The van der Waals surface area contributed by atoms with Gasteiger partial charge in [0.15, 0.2) is 0 Å². The van der Waals surface area contributed by atoms with Gasteiger partial charge in [0.1, 0.15) is 10.7 Å². The summed E-state index contributed by atoms with van der Waals surface area (Å²) in [5, 5.41) is 3.03. The van der Waals surface area contributed by atoms with Crippen LogP contribution in [0.1, 0.15) is 19.4 Å². The molecule has 0 amide bonds. The molecule has 0 saturated heterocycles. The summed E-state index contributed by atoms with van der Waals surface area (Å²) < 4.78 is 37.7. The number of sulfone groups is 1. The first kappa shape index (κ1) is 12.3. The second-order valence-electron chi connectivity index (χ2n) is 4.31. The topological polar surface area (TPSA) is 46.2 Å². The van der Waals surface area contributed by atoms with E-state index in [1.807, 2.05) is 13.8 Å². The third kappa shape index (κ3) is 2.12. The molecule has 92 valence electrons. The van der Waals surface area contributed by atoms with Crippen molar-refractivity contribution < 1.29 is 12.8 Å².